The first-order chi connectivity index (χ1) is 13.0. The van der Waals surface area contributed by atoms with Crippen LogP contribution in [0.4, 0.5) is 17.1 Å². The number of rotatable bonds is 5. The number of amides is 1. The summed E-state index contributed by atoms with van der Waals surface area (Å²) in [5, 5.41) is 14.4. The molecule has 0 saturated carbocycles. The number of carbonyl (C=O) groups is 1. The van der Waals surface area contributed by atoms with E-state index in [4.69, 9.17) is 4.74 Å². The second-order valence-corrected chi connectivity index (χ2v) is 7.41. The molecule has 1 saturated heterocycles. The number of nitrogens with zero attached hydrogens (tertiary/aromatic N) is 2. The Kier molecular flexibility index (Phi) is 6.27. The Bertz CT molecular complexity index is 866. The standard InChI is InChI=1S/C19H20IN3O4/c1-2-13-11-15(20)4-5-16(13)21-19(24)14-3-6-17(18(12-14)23(25)26)22-7-9-27-10-8-22/h3-6,11-12H,2,7-10H2,1H3,(H,21,24). The molecule has 0 atom stereocenters. The van der Waals surface area contributed by atoms with Gasteiger partial charge in [-0.05, 0) is 64.9 Å². The Balaban J connectivity index is 1.87. The SMILES string of the molecule is CCc1cc(I)ccc1NC(=O)c1ccc(N2CCOCC2)c([N+](=O)[O-])c1. The minimum Gasteiger partial charge on any atom is -0.378 e. The molecule has 2 aromatic carbocycles. The minimum atomic E-state index is -0.441. The molecule has 0 unspecified atom stereocenters. The molecule has 1 N–H and O–H groups in total. The van der Waals surface area contributed by atoms with Gasteiger partial charge in [-0.15, -0.1) is 0 Å². The Labute approximate surface area is 171 Å². The molecule has 0 aromatic heterocycles. The van der Waals surface area contributed by atoms with Gasteiger partial charge in [0.2, 0.25) is 0 Å². The lowest BCUT2D eigenvalue weighted by atomic mass is 10.1. The fourth-order valence-electron chi connectivity index (χ4n) is 3.05. The maximum absolute atomic E-state index is 12.7. The maximum Gasteiger partial charge on any atom is 0.293 e. The first kappa shape index (κ1) is 19.6. The number of aryl methyl sites for hydroxylation is 1. The fourth-order valence-corrected chi connectivity index (χ4v) is 3.61. The lowest BCUT2D eigenvalue weighted by Gasteiger charge is -2.28. The van der Waals surface area contributed by atoms with Crippen molar-refractivity contribution < 1.29 is 14.5 Å². The van der Waals surface area contributed by atoms with Crippen LogP contribution in [0.25, 0.3) is 0 Å². The van der Waals surface area contributed by atoms with E-state index in [1.165, 1.54) is 6.07 Å². The highest BCUT2D eigenvalue weighted by molar-refractivity contribution is 14.1. The zero-order chi connectivity index (χ0) is 19.4. The summed E-state index contributed by atoms with van der Waals surface area (Å²) in [7, 11) is 0. The average molecular weight is 481 g/mol. The molecule has 0 aliphatic carbocycles. The molecule has 0 bridgehead atoms. The number of hydrogen-bond donors (Lipinski definition) is 1. The van der Waals surface area contributed by atoms with Crippen molar-refractivity contribution in [2.75, 3.05) is 36.5 Å². The predicted octanol–water partition coefficient (Wildman–Crippen LogP) is 3.85. The van der Waals surface area contributed by atoms with Crippen molar-refractivity contribution in [1.82, 2.24) is 0 Å². The number of nitro benzene ring substituents is 1. The third kappa shape index (κ3) is 4.56. The number of halogens is 1. The molecule has 142 valence electrons. The second-order valence-electron chi connectivity index (χ2n) is 6.17. The van der Waals surface area contributed by atoms with Gasteiger partial charge in [0, 0.05) is 34.0 Å². The van der Waals surface area contributed by atoms with Gasteiger partial charge in [-0.1, -0.05) is 6.92 Å². The van der Waals surface area contributed by atoms with Crippen molar-refractivity contribution in [2.24, 2.45) is 0 Å². The summed E-state index contributed by atoms with van der Waals surface area (Å²) in [6, 6.07) is 10.4. The maximum atomic E-state index is 12.7. The molecule has 1 fully saturated rings. The Hall–Kier alpha value is -2.20. The first-order valence-electron chi connectivity index (χ1n) is 8.70. The van der Waals surface area contributed by atoms with Crippen molar-refractivity contribution in [3.63, 3.8) is 0 Å². The van der Waals surface area contributed by atoms with Crippen LogP contribution < -0.4 is 10.2 Å². The largest absolute Gasteiger partial charge is 0.378 e. The van der Waals surface area contributed by atoms with Gasteiger partial charge in [-0.2, -0.15) is 0 Å². The van der Waals surface area contributed by atoms with E-state index in [0.717, 1.165) is 21.2 Å². The van der Waals surface area contributed by atoms with E-state index in [1.807, 2.05) is 30.0 Å². The Morgan fingerprint density at radius 2 is 2.00 bits per heavy atom. The summed E-state index contributed by atoms with van der Waals surface area (Å²) < 4.78 is 6.39. The normalized spacial score (nSPS) is 14.1. The summed E-state index contributed by atoms with van der Waals surface area (Å²) in [5.74, 6) is -0.359. The molecule has 27 heavy (non-hydrogen) atoms. The smallest absolute Gasteiger partial charge is 0.293 e. The average Bonchev–Trinajstić information content (AvgIpc) is 2.69. The van der Waals surface area contributed by atoms with Crippen molar-refractivity contribution in [3.05, 3.63) is 61.2 Å². The Morgan fingerprint density at radius 3 is 2.67 bits per heavy atom. The third-order valence-electron chi connectivity index (χ3n) is 4.48. The molecule has 2 aromatic rings. The van der Waals surface area contributed by atoms with Gasteiger partial charge in [0.15, 0.2) is 0 Å². The van der Waals surface area contributed by atoms with Gasteiger partial charge in [-0.25, -0.2) is 0 Å². The zero-order valence-corrected chi connectivity index (χ0v) is 17.1. The molecule has 1 heterocycles. The van der Waals surface area contributed by atoms with Crippen LogP contribution in [0.3, 0.4) is 0 Å². The van der Waals surface area contributed by atoms with E-state index in [1.54, 1.807) is 12.1 Å². The number of nitro groups is 1. The van der Waals surface area contributed by atoms with E-state index in [9.17, 15) is 14.9 Å². The topological polar surface area (TPSA) is 84.7 Å². The van der Waals surface area contributed by atoms with Crippen LogP contribution in [0.2, 0.25) is 0 Å². The summed E-state index contributed by atoms with van der Waals surface area (Å²) in [6.07, 6.45) is 0.780. The predicted molar refractivity (Wildman–Crippen MR) is 113 cm³/mol. The molecule has 0 spiro atoms. The van der Waals surface area contributed by atoms with Crippen LogP contribution in [0.15, 0.2) is 36.4 Å². The molecular weight excluding hydrogens is 461 g/mol. The van der Waals surface area contributed by atoms with Gasteiger partial charge in [0.25, 0.3) is 11.6 Å². The quantitative estimate of drug-likeness (QED) is 0.399. The Morgan fingerprint density at radius 1 is 1.26 bits per heavy atom. The minimum absolute atomic E-state index is 0.0668. The number of hydrogen-bond acceptors (Lipinski definition) is 5. The first-order valence-corrected chi connectivity index (χ1v) is 9.78. The van der Waals surface area contributed by atoms with E-state index in [-0.39, 0.29) is 17.2 Å². The van der Waals surface area contributed by atoms with Crippen LogP contribution in [0.1, 0.15) is 22.8 Å². The number of benzene rings is 2. The van der Waals surface area contributed by atoms with E-state index < -0.39 is 4.92 Å². The number of anilines is 2. The van der Waals surface area contributed by atoms with Crippen LogP contribution in [-0.4, -0.2) is 37.1 Å². The van der Waals surface area contributed by atoms with Gasteiger partial charge >= 0.3 is 0 Å². The number of carbonyl (C=O) groups excluding carboxylic acids is 1. The molecule has 1 aliphatic heterocycles. The highest BCUT2D eigenvalue weighted by Gasteiger charge is 2.23. The highest BCUT2D eigenvalue weighted by Crippen LogP contribution is 2.30. The van der Waals surface area contributed by atoms with Crippen LogP contribution in [-0.2, 0) is 11.2 Å². The van der Waals surface area contributed by atoms with Crippen molar-refractivity contribution in [2.45, 2.75) is 13.3 Å². The number of morpholine rings is 1. The van der Waals surface area contributed by atoms with Crippen LogP contribution in [0.5, 0.6) is 0 Å². The molecule has 1 amide bonds. The zero-order valence-electron chi connectivity index (χ0n) is 14.9. The van der Waals surface area contributed by atoms with Gasteiger partial charge < -0.3 is 15.0 Å². The van der Waals surface area contributed by atoms with Gasteiger partial charge in [0.05, 0.1) is 18.1 Å². The lowest BCUT2D eigenvalue weighted by molar-refractivity contribution is -0.384. The van der Waals surface area contributed by atoms with Crippen LogP contribution in [0, 0.1) is 13.7 Å². The monoisotopic (exact) mass is 481 g/mol. The molecule has 7 nitrogen and oxygen atoms in total. The van der Waals surface area contributed by atoms with Crippen LogP contribution >= 0.6 is 22.6 Å². The third-order valence-corrected chi connectivity index (χ3v) is 5.15. The molecule has 8 heteroatoms. The second kappa shape index (κ2) is 8.66. The molecular formula is C19H20IN3O4. The number of ether oxygens (including phenoxy) is 1. The number of nitrogens with one attached hydrogen (secondary N) is 1. The summed E-state index contributed by atoms with van der Waals surface area (Å²) in [5.41, 5.74) is 2.46. The summed E-state index contributed by atoms with van der Waals surface area (Å²) in [6.45, 7) is 4.27. The van der Waals surface area contributed by atoms with Crippen molar-refractivity contribution in [1.29, 1.82) is 0 Å². The molecule has 1 aliphatic rings. The lowest BCUT2D eigenvalue weighted by Crippen LogP contribution is -2.36. The van der Waals surface area contributed by atoms with Crippen molar-refractivity contribution in [3.8, 4) is 0 Å². The fraction of sp³-hybridized carbons (Fsp3) is 0.316. The van der Waals surface area contributed by atoms with E-state index in [2.05, 4.69) is 27.9 Å². The van der Waals surface area contributed by atoms with E-state index in [0.29, 0.717) is 32.0 Å². The summed E-state index contributed by atoms with van der Waals surface area (Å²) in [4.78, 5) is 25.7. The highest BCUT2D eigenvalue weighted by atomic mass is 127. The van der Waals surface area contributed by atoms with Gasteiger partial charge in [-0.3, -0.25) is 14.9 Å². The van der Waals surface area contributed by atoms with E-state index >= 15 is 0 Å². The van der Waals surface area contributed by atoms with Crippen molar-refractivity contribution >= 4 is 45.6 Å². The summed E-state index contributed by atoms with van der Waals surface area (Å²) >= 11 is 2.23. The molecule has 0 radical (unpaired) electrons. The molecule has 3 rings (SSSR count). The van der Waals surface area contributed by atoms with Gasteiger partial charge in [0.1, 0.15) is 5.69 Å².